The van der Waals surface area contributed by atoms with Crippen LogP contribution in [-0.4, -0.2) is 126 Å². The topological polar surface area (TPSA) is 169 Å². The Labute approximate surface area is 362 Å². The number of fused-ring (bicyclic) bond motifs is 2. The number of hydrogen-bond acceptors (Lipinski definition) is 11. The Morgan fingerprint density at radius 3 is 2.48 bits per heavy atom. The molecule has 332 valence electrons. The van der Waals surface area contributed by atoms with Gasteiger partial charge in [0.25, 0.3) is 12.3 Å². The van der Waals surface area contributed by atoms with E-state index in [-0.39, 0.29) is 53.9 Å². The van der Waals surface area contributed by atoms with Crippen LogP contribution in [0.4, 0.5) is 20.3 Å². The molecule has 0 radical (unpaired) electrons. The minimum Gasteiger partial charge on any atom is -0.372 e. The van der Waals surface area contributed by atoms with Crippen LogP contribution in [-0.2, 0) is 21.4 Å². The molecule has 3 atom stereocenters. The molecule has 1 saturated carbocycles. The standard InChI is InChI=1S/C44H52F2N12O5/c1-27-23-55(24-28(2)63-27)36-15-17-56-41(49-36)32(22-47-56)42(60)48-33-26-57(51-38(33)40(45)46)31-11-9-29(10-12-31)25-54-20-18-53(19-21-54)16-5-7-30-6-4-8-34-39(30)52(3)44(62)58(34)35-13-14-37(59)50-43(35)61/h4,6,8,15,17,22,26-29,31,35,40H,9-14,16,18-21,23-25H2,1-3H3,(H,48,60)(H,50,59,61)/t27-,28+,29-,31-,35?. The molecule has 1 aliphatic carbocycles. The van der Waals surface area contributed by atoms with Crippen LogP contribution < -0.4 is 21.2 Å². The van der Waals surface area contributed by atoms with Crippen molar-refractivity contribution in [3.63, 3.8) is 0 Å². The Kier molecular flexibility index (Phi) is 11.9. The predicted molar refractivity (Wildman–Crippen MR) is 230 cm³/mol. The van der Waals surface area contributed by atoms with Crippen LogP contribution in [0.15, 0.2) is 47.7 Å². The monoisotopic (exact) mass is 866 g/mol. The minimum absolute atomic E-state index is 0.0162. The number of hydrogen-bond donors (Lipinski definition) is 2. The number of imidazole rings is 1. The fourth-order valence-electron chi connectivity index (χ4n) is 9.70. The number of rotatable bonds is 9. The molecule has 1 unspecified atom stereocenters. The number of carbonyl (C=O) groups is 3. The molecule has 2 N–H and O–H groups in total. The van der Waals surface area contributed by atoms with E-state index in [2.05, 4.69) is 47.4 Å². The summed E-state index contributed by atoms with van der Waals surface area (Å²) in [5, 5.41) is 13.6. The number of ether oxygens (including phenoxy) is 1. The summed E-state index contributed by atoms with van der Waals surface area (Å²) in [7, 11) is 1.67. The molecule has 9 rings (SSSR count). The number of halogens is 2. The lowest BCUT2D eigenvalue weighted by Gasteiger charge is -2.37. The minimum atomic E-state index is -2.87. The highest BCUT2D eigenvalue weighted by Crippen LogP contribution is 2.36. The van der Waals surface area contributed by atoms with E-state index in [0.717, 1.165) is 58.4 Å². The van der Waals surface area contributed by atoms with Crippen molar-refractivity contribution in [1.82, 2.24) is 48.6 Å². The first-order valence-electron chi connectivity index (χ1n) is 21.8. The molecule has 4 aliphatic rings. The summed E-state index contributed by atoms with van der Waals surface area (Å²) in [6, 6.07) is 6.55. The van der Waals surface area contributed by atoms with Crippen molar-refractivity contribution in [1.29, 1.82) is 0 Å². The van der Waals surface area contributed by atoms with Gasteiger partial charge in [0.05, 0.1) is 53.3 Å². The number of anilines is 2. The first kappa shape index (κ1) is 42.3. The van der Waals surface area contributed by atoms with Gasteiger partial charge in [-0.3, -0.25) is 38.4 Å². The first-order valence-corrected chi connectivity index (χ1v) is 21.8. The highest BCUT2D eigenvalue weighted by molar-refractivity contribution is 6.08. The van der Waals surface area contributed by atoms with Gasteiger partial charge in [-0.25, -0.2) is 23.1 Å². The number of imide groups is 1. The van der Waals surface area contributed by atoms with Gasteiger partial charge in [-0.15, -0.1) is 0 Å². The number of piperazine rings is 1. The van der Waals surface area contributed by atoms with E-state index in [1.165, 1.54) is 26.0 Å². The number of carbonyl (C=O) groups excluding carboxylic acids is 3. The number of aryl methyl sites for hydroxylation is 1. The fraction of sp³-hybridized carbons (Fsp3) is 0.523. The Bertz CT molecular complexity index is 2650. The summed E-state index contributed by atoms with van der Waals surface area (Å²) in [6.45, 7) is 10.4. The van der Waals surface area contributed by atoms with Crippen LogP contribution in [0.1, 0.15) is 92.5 Å². The smallest absolute Gasteiger partial charge is 0.329 e. The summed E-state index contributed by atoms with van der Waals surface area (Å²) >= 11 is 0. The third kappa shape index (κ3) is 8.71. The lowest BCUT2D eigenvalue weighted by atomic mass is 9.85. The number of nitrogens with zero attached hydrogens (tertiary/aromatic N) is 10. The van der Waals surface area contributed by atoms with Crippen molar-refractivity contribution in [2.45, 2.75) is 83.1 Å². The van der Waals surface area contributed by atoms with Crippen molar-refractivity contribution < 1.29 is 27.9 Å². The summed E-state index contributed by atoms with van der Waals surface area (Å²) in [5.74, 6) is 6.35. The van der Waals surface area contributed by atoms with E-state index in [4.69, 9.17) is 9.72 Å². The summed E-state index contributed by atoms with van der Waals surface area (Å²) in [5.41, 5.74) is 1.70. The van der Waals surface area contributed by atoms with Crippen molar-refractivity contribution >= 4 is 45.9 Å². The van der Waals surface area contributed by atoms with Gasteiger partial charge in [-0.05, 0) is 70.1 Å². The Balaban J connectivity index is 0.770. The normalized spacial score (nSPS) is 23.9. The number of nitrogens with one attached hydrogen (secondary N) is 2. The van der Waals surface area contributed by atoms with Gasteiger partial charge in [0.2, 0.25) is 11.8 Å². The fourth-order valence-corrected chi connectivity index (χ4v) is 9.70. The second-order valence-electron chi connectivity index (χ2n) is 17.3. The van der Waals surface area contributed by atoms with E-state index in [1.807, 2.05) is 38.1 Å². The maximum Gasteiger partial charge on any atom is 0.329 e. The molecule has 0 bridgehead atoms. The van der Waals surface area contributed by atoms with Gasteiger partial charge in [-0.1, -0.05) is 17.9 Å². The zero-order valence-electron chi connectivity index (χ0n) is 35.7. The second-order valence-corrected chi connectivity index (χ2v) is 17.3. The molecule has 17 nitrogen and oxygen atoms in total. The number of para-hydroxylation sites is 1. The lowest BCUT2D eigenvalue weighted by molar-refractivity contribution is -0.135. The van der Waals surface area contributed by atoms with E-state index in [0.29, 0.717) is 53.6 Å². The third-order valence-electron chi connectivity index (χ3n) is 12.9. The molecule has 7 heterocycles. The van der Waals surface area contributed by atoms with Crippen LogP contribution in [0, 0.1) is 17.8 Å². The van der Waals surface area contributed by atoms with E-state index < -0.39 is 30.0 Å². The van der Waals surface area contributed by atoms with Gasteiger partial charge >= 0.3 is 5.69 Å². The zero-order valence-corrected chi connectivity index (χ0v) is 35.7. The molecular formula is C44H52F2N12O5. The van der Waals surface area contributed by atoms with E-state index >= 15 is 0 Å². The molecule has 3 aliphatic heterocycles. The molecule has 4 aromatic heterocycles. The van der Waals surface area contributed by atoms with Crippen LogP contribution in [0.3, 0.4) is 0 Å². The Hall–Kier alpha value is -5.97. The average molecular weight is 867 g/mol. The van der Waals surface area contributed by atoms with Crippen LogP contribution in [0.2, 0.25) is 0 Å². The number of amides is 3. The van der Waals surface area contributed by atoms with Gasteiger partial charge in [0.15, 0.2) is 11.3 Å². The summed E-state index contributed by atoms with van der Waals surface area (Å²) < 4.78 is 40.6. The quantitative estimate of drug-likeness (QED) is 0.164. The molecule has 19 heteroatoms. The molecule has 3 saturated heterocycles. The lowest BCUT2D eigenvalue weighted by Crippen LogP contribution is -2.48. The summed E-state index contributed by atoms with van der Waals surface area (Å²) in [6.07, 6.45) is 5.77. The van der Waals surface area contributed by atoms with Crippen molar-refractivity contribution in [3.8, 4) is 11.8 Å². The first-order chi connectivity index (χ1) is 30.4. The number of benzene rings is 1. The van der Waals surface area contributed by atoms with Gasteiger partial charge < -0.3 is 19.9 Å². The Morgan fingerprint density at radius 1 is 1.00 bits per heavy atom. The van der Waals surface area contributed by atoms with Crippen LogP contribution in [0.5, 0.6) is 0 Å². The third-order valence-corrected chi connectivity index (χ3v) is 12.9. The second kappa shape index (κ2) is 17.7. The number of alkyl halides is 2. The summed E-state index contributed by atoms with van der Waals surface area (Å²) in [4.78, 5) is 62.8. The van der Waals surface area contributed by atoms with Crippen LogP contribution in [0.25, 0.3) is 16.7 Å². The molecule has 4 fully saturated rings. The largest absolute Gasteiger partial charge is 0.372 e. The van der Waals surface area contributed by atoms with E-state index in [1.54, 1.807) is 17.9 Å². The Morgan fingerprint density at radius 2 is 1.75 bits per heavy atom. The van der Waals surface area contributed by atoms with Crippen LogP contribution >= 0.6 is 0 Å². The molecule has 5 aromatic rings. The molecular weight excluding hydrogens is 815 g/mol. The number of piperidine rings is 1. The molecule has 3 amide bonds. The highest BCUT2D eigenvalue weighted by atomic mass is 19.3. The van der Waals surface area contributed by atoms with Crippen molar-refractivity contribution in [2.24, 2.45) is 13.0 Å². The molecule has 0 spiro atoms. The maximum atomic E-state index is 14.3. The van der Waals surface area contributed by atoms with Gasteiger partial charge in [0, 0.05) is 71.7 Å². The molecule has 63 heavy (non-hydrogen) atoms. The van der Waals surface area contributed by atoms with E-state index in [9.17, 15) is 28.0 Å². The van der Waals surface area contributed by atoms with Crippen molar-refractivity contribution in [2.75, 3.05) is 62.6 Å². The predicted octanol–water partition coefficient (Wildman–Crippen LogP) is 3.76. The SMILES string of the molecule is C[C@@H]1CN(c2ccn3ncc(C(=O)Nc4cn([C@H]5CC[C@H](CN6CCN(CC#Cc7cccc8c7n(C)c(=O)n8C7CCC(=O)NC7=O)CC6)CC5)nc4C(F)F)c3n2)C[C@H](C)O1. The van der Waals surface area contributed by atoms with Gasteiger partial charge in [0.1, 0.15) is 17.4 Å². The molecule has 1 aromatic carbocycles. The maximum absolute atomic E-state index is 14.3. The van der Waals surface area contributed by atoms with Crippen molar-refractivity contribution in [3.05, 3.63) is 70.2 Å². The highest BCUT2D eigenvalue weighted by Gasteiger charge is 2.33. The number of aromatic nitrogens is 7. The van der Waals surface area contributed by atoms with Gasteiger partial charge in [-0.2, -0.15) is 10.2 Å². The zero-order chi connectivity index (χ0) is 43.9. The average Bonchev–Trinajstić information content (AvgIpc) is 3.96. The number of morpholine rings is 1.